The molecule has 1 rings (SSSR count). The third-order valence-corrected chi connectivity index (χ3v) is 2.73. The van der Waals surface area contributed by atoms with E-state index in [9.17, 15) is 4.79 Å². The van der Waals surface area contributed by atoms with Crippen LogP contribution in [0.2, 0.25) is 0 Å². The summed E-state index contributed by atoms with van der Waals surface area (Å²) in [5.41, 5.74) is 2.26. The van der Waals surface area contributed by atoms with Crippen molar-refractivity contribution < 1.29 is 9.53 Å². The highest BCUT2D eigenvalue weighted by Gasteiger charge is 2.17. The van der Waals surface area contributed by atoms with Crippen LogP contribution in [0.1, 0.15) is 24.5 Å². The first kappa shape index (κ1) is 12.6. The first-order valence-corrected chi connectivity index (χ1v) is 5.54. The molecule has 1 atom stereocenters. The summed E-state index contributed by atoms with van der Waals surface area (Å²) in [4.78, 5) is 11.5. The predicted octanol–water partition coefficient (Wildman–Crippen LogP) is 2.21. The summed E-state index contributed by atoms with van der Waals surface area (Å²) < 4.78 is 5.72. The summed E-state index contributed by atoms with van der Waals surface area (Å²) in [5.74, 6) is 0.707. The molecule has 0 aromatic heterocycles. The number of rotatable bonds is 4. The standard InChI is InChI=1S/C13H19NO2/c1-5-11(13(15)14-4)16-12-8-6-7-9(2)10(12)3/h6-8,11H,5H2,1-4H3,(H,14,15). The molecule has 0 bridgehead atoms. The van der Waals surface area contributed by atoms with E-state index in [0.29, 0.717) is 6.42 Å². The van der Waals surface area contributed by atoms with E-state index in [-0.39, 0.29) is 5.91 Å². The van der Waals surface area contributed by atoms with Crippen LogP contribution >= 0.6 is 0 Å². The van der Waals surface area contributed by atoms with E-state index in [1.54, 1.807) is 7.05 Å². The van der Waals surface area contributed by atoms with Gasteiger partial charge >= 0.3 is 0 Å². The van der Waals surface area contributed by atoms with Gasteiger partial charge in [-0.1, -0.05) is 19.1 Å². The van der Waals surface area contributed by atoms with Gasteiger partial charge in [-0.25, -0.2) is 0 Å². The van der Waals surface area contributed by atoms with Gasteiger partial charge in [0.1, 0.15) is 5.75 Å². The van der Waals surface area contributed by atoms with Crippen molar-refractivity contribution in [2.75, 3.05) is 7.05 Å². The minimum atomic E-state index is -0.412. The van der Waals surface area contributed by atoms with Crippen LogP contribution in [0, 0.1) is 13.8 Å². The molecule has 0 aliphatic rings. The molecule has 1 N–H and O–H groups in total. The number of ether oxygens (including phenoxy) is 1. The van der Waals surface area contributed by atoms with Crippen molar-refractivity contribution in [3.63, 3.8) is 0 Å². The molecule has 1 aromatic rings. The van der Waals surface area contributed by atoms with Crippen LogP contribution in [-0.2, 0) is 4.79 Å². The number of carbonyl (C=O) groups is 1. The fourth-order valence-corrected chi connectivity index (χ4v) is 1.49. The summed E-state index contributed by atoms with van der Waals surface area (Å²) in [6, 6.07) is 5.87. The Balaban J connectivity index is 2.86. The van der Waals surface area contributed by atoms with Gasteiger partial charge < -0.3 is 10.1 Å². The average molecular weight is 221 g/mol. The summed E-state index contributed by atoms with van der Waals surface area (Å²) in [7, 11) is 1.62. The number of amides is 1. The van der Waals surface area contributed by atoms with Crippen LogP contribution in [0.15, 0.2) is 18.2 Å². The Morgan fingerprint density at radius 2 is 2.12 bits per heavy atom. The Bertz CT molecular complexity index is 374. The van der Waals surface area contributed by atoms with Crippen LogP contribution < -0.4 is 10.1 Å². The Morgan fingerprint density at radius 3 is 2.69 bits per heavy atom. The Labute approximate surface area is 96.8 Å². The Kier molecular flexibility index (Phi) is 4.35. The predicted molar refractivity (Wildman–Crippen MR) is 64.7 cm³/mol. The number of hydrogen-bond donors (Lipinski definition) is 1. The zero-order valence-electron chi connectivity index (χ0n) is 10.3. The quantitative estimate of drug-likeness (QED) is 0.846. The Morgan fingerprint density at radius 1 is 1.44 bits per heavy atom. The van der Waals surface area contributed by atoms with E-state index in [1.807, 2.05) is 39.0 Å². The first-order chi connectivity index (χ1) is 7.60. The van der Waals surface area contributed by atoms with E-state index in [1.165, 1.54) is 5.56 Å². The van der Waals surface area contributed by atoms with Crippen molar-refractivity contribution in [2.45, 2.75) is 33.3 Å². The van der Waals surface area contributed by atoms with Crippen molar-refractivity contribution in [2.24, 2.45) is 0 Å². The molecule has 1 amide bonds. The van der Waals surface area contributed by atoms with Crippen LogP contribution in [0.3, 0.4) is 0 Å². The molecule has 0 saturated heterocycles. The second-order valence-corrected chi connectivity index (χ2v) is 3.83. The SMILES string of the molecule is CCC(Oc1cccc(C)c1C)C(=O)NC. The maximum absolute atomic E-state index is 11.5. The number of likely N-dealkylation sites (N-methyl/N-ethyl adjacent to an activating group) is 1. The van der Waals surface area contributed by atoms with Crippen LogP contribution in [0.5, 0.6) is 5.75 Å². The van der Waals surface area contributed by atoms with Crippen molar-refractivity contribution in [3.8, 4) is 5.75 Å². The van der Waals surface area contributed by atoms with Gasteiger partial charge in [-0.05, 0) is 37.5 Å². The average Bonchev–Trinajstić information content (AvgIpc) is 2.30. The summed E-state index contributed by atoms with van der Waals surface area (Å²) in [6.07, 6.45) is 0.248. The van der Waals surface area contributed by atoms with Crippen molar-refractivity contribution in [3.05, 3.63) is 29.3 Å². The van der Waals surface area contributed by atoms with E-state index >= 15 is 0 Å². The van der Waals surface area contributed by atoms with Crippen LogP contribution in [-0.4, -0.2) is 19.1 Å². The van der Waals surface area contributed by atoms with Crippen molar-refractivity contribution in [1.29, 1.82) is 0 Å². The maximum Gasteiger partial charge on any atom is 0.260 e. The van der Waals surface area contributed by atoms with Crippen LogP contribution in [0.25, 0.3) is 0 Å². The molecule has 0 heterocycles. The van der Waals surface area contributed by atoms with E-state index in [2.05, 4.69) is 5.32 Å². The molecule has 0 radical (unpaired) electrons. The number of hydrogen-bond acceptors (Lipinski definition) is 2. The maximum atomic E-state index is 11.5. The zero-order chi connectivity index (χ0) is 12.1. The van der Waals surface area contributed by atoms with Gasteiger partial charge in [-0.3, -0.25) is 4.79 Å². The van der Waals surface area contributed by atoms with Gasteiger partial charge in [0.05, 0.1) is 0 Å². The lowest BCUT2D eigenvalue weighted by Crippen LogP contribution is -2.35. The molecular formula is C13H19NO2. The number of aryl methyl sites for hydroxylation is 1. The molecular weight excluding hydrogens is 202 g/mol. The van der Waals surface area contributed by atoms with E-state index in [4.69, 9.17) is 4.74 Å². The molecule has 1 unspecified atom stereocenters. The van der Waals surface area contributed by atoms with Crippen LogP contribution in [0.4, 0.5) is 0 Å². The Hall–Kier alpha value is -1.51. The highest BCUT2D eigenvalue weighted by molar-refractivity contribution is 5.80. The fraction of sp³-hybridized carbons (Fsp3) is 0.462. The third-order valence-electron chi connectivity index (χ3n) is 2.73. The second kappa shape index (κ2) is 5.54. The minimum Gasteiger partial charge on any atom is -0.480 e. The monoisotopic (exact) mass is 221 g/mol. The smallest absolute Gasteiger partial charge is 0.260 e. The fourth-order valence-electron chi connectivity index (χ4n) is 1.49. The summed E-state index contributed by atoms with van der Waals surface area (Å²) in [6.45, 7) is 5.97. The summed E-state index contributed by atoms with van der Waals surface area (Å²) >= 11 is 0. The third kappa shape index (κ3) is 2.75. The number of benzene rings is 1. The zero-order valence-corrected chi connectivity index (χ0v) is 10.3. The van der Waals surface area contributed by atoms with Crippen molar-refractivity contribution in [1.82, 2.24) is 5.32 Å². The lowest BCUT2D eigenvalue weighted by molar-refractivity contribution is -0.127. The number of carbonyl (C=O) groups excluding carboxylic acids is 1. The first-order valence-electron chi connectivity index (χ1n) is 5.54. The van der Waals surface area contributed by atoms with Gasteiger partial charge in [0.25, 0.3) is 5.91 Å². The molecule has 0 saturated carbocycles. The highest BCUT2D eigenvalue weighted by Crippen LogP contribution is 2.22. The topological polar surface area (TPSA) is 38.3 Å². The minimum absolute atomic E-state index is 0.0802. The van der Waals surface area contributed by atoms with Crippen molar-refractivity contribution >= 4 is 5.91 Å². The molecule has 88 valence electrons. The van der Waals surface area contributed by atoms with Gasteiger partial charge in [-0.2, -0.15) is 0 Å². The van der Waals surface area contributed by atoms with Gasteiger partial charge in [0.15, 0.2) is 6.10 Å². The molecule has 3 nitrogen and oxygen atoms in total. The molecule has 3 heteroatoms. The summed E-state index contributed by atoms with van der Waals surface area (Å²) in [5, 5.41) is 2.61. The second-order valence-electron chi connectivity index (χ2n) is 3.83. The molecule has 0 fully saturated rings. The molecule has 16 heavy (non-hydrogen) atoms. The number of nitrogens with one attached hydrogen (secondary N) is 1. The molecule has 0 aliphatic carbocycles. The lowest BCUT2D eigenvalue weighted by atomic mass is 10.1. The van der Waals surface area contributed by atoms with Gasteiger partial charge in [0.2, 0.25) is 0 Å². The normalized spacial score (nSPS) is 12.0. The molecule has 0 spiro atoms. The highest BCUT2D eigenvalue weighted by atomic mass is 16.5. The largest absolute Gasteiger partial charge is 0.480 e. The molecule has 0 aliphatic heterocycles. The van der Waals surface area contributed by atoms with E-state index < -0.39 is 6.10 Å². The van der Waals surface area contributed by atoms with E-state index in [0.717, 1.165) is 11.3 Å². The molecule has 1 aromatic carbocycles. The van der Waals surface area contributed by atoms with Gasteiger partial charge in [0, 0.05) is 7.05 Å². The van der Waals surface area contributed by atoms with Gasteiger partial charge in [-0.15, -0.1) is 0 Å². The lowest BCUT2D eigenvalue weighted by Gasteiger charge is -2.18.